The third-order valence-corrected chi connectivity index (χ3v) is 7.22. The van der Waals surface area contributed by atoms with Crippen LogP contribution in [0.3, 0.4) is 0 Å². The van der Waals surface area contributed by atoms with Gasteiger partial charge < -0.3 is 0 Å². The Balaban J connectivity index is 2.38. The van der Waals surface area contributed by atoms with Gasteiger partial charge in [-0.2, -0.15) is 0 Å². The summed E-state index contributed by atoms with van der Waals surface area (Å²) in [7, 11) is 0. The van der Waals surface area contributed by atoms with Crippen molar-refractivity contribution in [3.8, 4) is 0 Å². The molecule has 1 rings (SSSR count). The van der Waals surface area contributed by atoms with Crippen LogP contribution in [0, 0.1) is 5.92 Å². The fourth-order valence-corrected chi connectivity index (χ4v) is 5.07. The molecule has 1 aromatic rings. The monoisotopic (exact) mass is 421 g/mol. The Hall–Kier alpha value is -0.700. The van der Waals surface area contributed by atoms with Crippen molar-refractivity contribution in [2.75, 3.05) is 5.75 Å². The van der Waals surface area contributed by atoms with E-state index in [0.717, 1.165) is 25.7 Å². The van der Waals surface area contributed by atoms with Crippen LogP contribution in [0.2, 0.25) is 0 Å². The summed E-state index contributed by atoms with van der Waals surface area (Å²) < 4.78 is 1.98. The van der Waals surface area contributed by atoms with Crippen molar-refractivity contribution < 1.29 is 4.79 Å². The summed E-state index contributed by atoms with van der Waals surface area (Å²) in [5.74, 6) is 1.63. The van der Waals surface area contributed by atoms with E-state index in [9.17, 15) is 4.79 Å². The molecule has 0 bridgehead atoms. The molecule has 3 heteroatoms. The Morgan fingerprint density at radius 2 is 1.38 bits per heavy atom. The van der Waals surface area contributed by atoms with E-state index in [4.69, 9.17) is 0 Å². The second kappa shape index (κ2) is 17.0. The molecule has 0 fully saturated rings. The molecule has 1 aromatic heterocycles. The molecule has 0 aromatic carbocycles. The van der Waals surface area contributed by atoms with Crippen LogP contribution in [0.15, 0.2) is 17.2 Å². The van der Waals surface area contributed by atoms with E-state index in [1.807, 2.05) is 22.5 Å². The zero-order chi connectivity index (χ0) is 21.3. The second-order valence-electron chi connectivity index (χ2n) is 8.48. The Morgan fingerprint density at radius 3 is 1.93 bits per heavy atom. The number of rotatable bonds is 18. The molecule has 2 nitrogen and oxygen atoms in total. The standard InChI is InChI=1S/C26H47NOS/c1-5-9-11-12-13-14-15-16-17-18-22-29-25-20-21-27(24(25)19-10-6-2)26(28)23(7-3)8-4/h20-21,23H,5-19,22H2,1-4H3. The quantitative estimate of drug-likeness (QED) is 0.174. The number of nitrogens with zero attached hydrogens (tertiary/aromatic N) is 1. The molecule has 0 atom stereocenters. The van der Waals surface area contributed by atoms with E-state index >= 15 is 0 Å². The van der Waals surface area contributed by atoms with Gasteiger partial charge in [-0.3, -0.25) is 9.36 Å². The van der Waals surface area contributed by atoms with Gasteiger partial charge in [0.15, 0.2) is 0 Å². The molecule has 0 radical (unpaired) electrons. The molecular weight excluding hydrogens is 374 g/mol. The van der Waals surface area contributed by atoms with Gasteiger partial charge in [-0.15, -0.1) is 11.8 Å². The second-order valence-corrected chi connectivity index (χ2v) is 9.62. The summed E-state index contributed by atoms with van der Waals surface area (Å²) in [4.78, 5) is 14.3. The number of hydrogen-bond acceptors (Lipinski definition) is 2. The largest absolute Gasteiger partial charge is 0.290 e. The molecule has 0 N–H and O–H groups in total. The van der Waals surface area contributed by atoms with E-state index in [0.29, 0.717) is 5.91 Å². The molecule has 0 spiro atoms. The molecule has 29 heavy (non-hydrogen) atoms. The molecule has 0 aliphatic heterocycles. The molecule has 0 unspecified atom stereocenters. The minimum Gasteiger partial charge on any atom is -0.290 e. The third kappa shape index (κ3) is 10.2. The van der Waals surface area contributed by atoms with Gasteiger partial charge >= 0.3 is 0 Å². The van der Waals surface area contributed by atoms with Crippen molar-refractivity contribution >= 4 is 17.7 Å². The van der Waals surface area contributed by atoms with Crippen LogP contribution in [-0.4, -0.2) is 16.2 Å². The van der Waals surface area contributed by atoms with Crippen molar-refractivity contribution in [3.05, 3.63) is 18.0 Å². The molecule has 1 heterocycles. The number of carbonyl (C=O) groups is 1. The smallest absolute Gasteiger partial charge is 0.233 e. The molecule has 168 valence electrons. The van der Waals surface area contributed by atoms with Gasteiger partial charge in [0, 0.05) is 22.7 Å². The maximum Gasteiger partial charge on any atom is 0.233 e. The predicted molar refractivity (Wildman–Crippen MR) is 130 cm³/mol. The van der Waals surface area contributed by atoms with Crippen LogP contribution < -0.4 is 0 Å². The number of aromatic nitrogens is 1. The first kappa shape index (κ1) is 26.3. The Kier molecular flexibility index (Phi) is 15.5. The van der Waals surface area contributed by atoms with Crippen molar-refractivity contribution in [2.45, 2.75) is 129 Å². The lowest BCUT2D eigenvalue weighted by molar-refractivity contribution is 0.0823. The molecule has 0 aliphatic carbocycles. The zero-order valence-electron chi connectivity index (χ0n) is 19.8. The summed E-state index contributed by atoms with van der Waals surface area (Å²) >= 11 is 1.97. The van der Waals surface area contributed by atoms with Gasteiger partial charge in [0.1, 0.15) is 0 Å². The summed E-state index contributed by atoms with van der Waals surface area (Å²) in [6.45, 7) is 8.77. The zero-order valence-corrected chi connectivity index (χ0v) is 20.6. The normalized spacial score (nSPS) is 11.5. The first-order valence-electron chi connectivity index (χ1n) is 12.6. The number of thioether (sulfide) groups is 1. The number of hydrogen-bond donors (Lipinski definition) is 0. The van der Waals surface area contributed by atoms with Gasteiger partial charge in [0.05, 0.1) is 0 Å². The average molecular weight is 422 g/mol. The van der Waals surface area contributed by atoms with Crippen LogP contribution >= 0.6 is 11.8 Å². The molecular formula is C26H47NOS. The molecule has 0 aliphatic rings. The van der Waals surface area contributed by atoms with Crippen LogP contribution in [0.5, 0.6) is 0 Å². The van der Waals surface area contributed by atoms with Crippen LogP contribution in [-0.2, 0) is 6.42 Å². The molecule has 0 amide bonds. The van der Waals surface area contributed by atoms with E-state index < -0.39 is 0 Å². The first-order valence-corrected chi connectivity index (χ1v) is 13.5. The predicted octanol–water partition coefficient (Wildman–Crippen LogP) is 8.92. The molecule has 0 saturated carbocycles. The summed E-state index contributed by atoms with van der Waals surface area (Å²) in [5.41, 5.74) is 1.26. The number of unbranched alkanes of at least 4 members (excludes halogenated alkanes) is 10. The minimum absolute atomic E-state index is 0.155. The van der Waals surface area contributed by atoms with E-state index in [-0.39, 0.29) is 5.92 Å². The highest BCUT2D eigenvalue weighted by atomic mass is 32.2. The summed E-state index contributed by atoms with van der Waals surface area (Å²) in [6.07, 6.45) is 21.1. The van der Waals surface area contributed by atoms with Crippen LogP contribution in [0.4, 0.5) is 0 Å². The van der Waals surface area contributed by atoms with Gasteiger partial charge in [0.2, 0.25) is 5.91 Å². The Bertz CT molecular complexity index is 533. The third-order valence-electron chi connectivity index (χ3n) is 6.05. The fourth-order valence-electron chi connectivity index (χ4n) is 3.98. The minimum atomic E-state index is 0.155. The van der Waals surface area contributed by atoms with Crippen molar-refractivity contribution in [1.82, 2.24) is 4.57 Å². The van der Waals surface area contributed by atoms with Gasteiger partial charge in [-0.05, 0) is 43.9 Å². The van der Waals surface area contributed by atoms with Crippen LogP contribution in [0.1, 0.15) is 128 Å². The fraction of sp³-hybridized carbons (Fsp3) is 0.808. The van der Waals surface area contributed by atoms with Crippen LogP contribution in [0.25, 0.3) is 0 Å². The SMILES string of the molecule is CCCCCCCCCCCCSc1ccn(C(=O)C(CC)CC)c1CCCC. The maximum absolute atomic E-state index is 12.9. The van der Waals surface area contributed by atoms with Crippen molar-refractivity contribution in [3.63, 3.8) is 0 Å². The lowest BCUT2D eigenvalue weighted by Gasteiger charge is -2.15. The van der Waals surface area contributed by atoms with E-state index in [1.165, 1.54) is 87.0 Å². The van der Waals surface area contributed by atoms with E-state index in [1.54, 1.807) is 0 Å². The maximum atomic E-state index is 12.9. The lowest BCUT2D eigenvalue weighted by Crippen LogP contribution is -2.22. The van der Waals surface area contributed by atoms with Gasteiger partial charge in [0.25, 0.3) is 0 Å². The van der Waals surface area contributed by atoms with Crippen molar-refractivity contribution in [1.29, 1.82) is 0 Å². The average Bonchev–Trinajstić information content (AvgIpc) is 3.13. The molecule has 0 saturated heterocycles. The van der Waals surface area contributed by atoms with Gasteiger partial charge in [-0.25, -0.2) is 0 Å². The Morgan fingerprint density at radius 1 is 0.828 bits per heavy atom. The lowest BCUT2D eigenvalue weighted by atomic mass is 10.0. The summed E-state index contributed by atoms with van der Waals surface area (Å²) in [6, 6.07) is 2.19. The van der Waals surface area contributed by atoms with Gasteiger partial charge in [-0.1, -0.05) is 91.9 Å². The Labute approximate surface area is 185 Å². The highest BCUT2D eigenvalue weighted by molar-refractivity contribution is 7.99. The highest BCUT2D eigenvalue weighted by Crippen LogP contribution is 2.28. The first-order chi connectivity index (χ1) is 14.2. The van der Waals surface area contributed by atoms with E-state index in [2.05, 4.69) is 33.8 Å². The topological polar surface area (TPSA) is 22.0 Å². The highest BCUT2D eigenvalue weighted by Gasteiger charge is 2.20. The number of carbonyl (C=O) groups excluding carboxylic acids is 1. The summed E-state index contributed by atoms with van der Waals surface area (Å²) in [5, 5.41) is 0. The van der Waals surface area contributed by atoms with Crippen molar-refractivity contribution in [2.24, 2.45) is 5.92 Å².